The van der Waals surface area contributed by atoms with Crippen LogP contribution in [0.2, 0.25) is 0 Å². The molecule has 0 radical (unpaired) electrons. The second-order valence-corrected chi connectivity index (χ2v) is 5.12. The van der Waals surface area contributed by atoms with Gasteiger partial charge in [-0.05, 0) is 12.5 Å². The quantitative estimate of drug-likeness (QED) is 0.435. The van der Waals surface area contributed by atoms with Crippen LogP contribution in [0.25, 0.3) is 0 Å². The van der Waals surface area contributed by atoms with Gasteiger partial charge in [0.15, 0.2) is 11.5 Å². The fourth-order valence-corrected chi connectivity index (χ4v) is 2.16. The first-order chi connectivity index (χ1) is 11.1. The van der Waals surface area contributed by atoms with E-state index in [4.69, 9.17) is 20.3 Å². The van der Waals surface area contributed by atoms with Gasteiger partial charge in [-0.3, -0.25) is 19.7 Å². The number of benzene rings is 1. The third-order valence-corrected chi connectivity index (χ3v) is 3.50. The number of nitro groups is 1. The number of carboxylic acids is 2. The average Bonchev–Trinajstić information content (AvgIpc) is 2.51. The Bertz CT molecular complexity index is 660. The summed E-state index contributed by atoms with van der Waals surface area (Å²) in [6.45, 7) is 0. The fraction of sp³-hybridized carbons (Fsp3) is 0.429. The van der Waals surface area contributed by atoms with Gasteiger partial charge in [0.25, 0.3) is 5.69 Å². The van der Waals surface area contributed by atoms with Crippen LogP contribution in [0.3, 0.4) is 0 Å². The van der Waals surface area contributed by atoms with E-state index in [-0.39, 0.29) is 29.2 Å². The summed E-state index contributed by atoms with van der Waals surface area (Å²) in [5.41, 5.74) is 3.44. The van der Waals surface area contributed by atoms with E-state index < -0.39 is 35.2 Å². The van der Waals surface area contributed by atoms with Crippen molar-refractivity contribution in [2.45, 2.75) is 24.8 Å². The smallest absolute Gasteiger partial charge is 0.324 e. The summed E-state index contributed by atoms with van der Waals surface area (Å²) in [5.74, 6) is -2.39. The molecule has 0 saturated carbocycles. The number of carbonyl (C=O) groups is 2. The van der Waals surface area contributed by atoms with Crippen LogP contribution in [0.1, 0.15) is 18.4 Å². The van der Waals surface area contributed by atoms with Gasteiger partial charge < -0.3 is 25.4 Å². The highest BCUT2D eigenvalue weighted by Gasteiger charge is 2.37. The molecule has 0 unspecified atom stereocenters. The topological polar surface area (TPSA) is 162 Å². The number of aliphatic carboxylic acids is 2. The zero-order chi connectivity index (χ0) is 18.5. The summed E-state index contributed by atoms with van der Waals surface area (Å²) in [6.07, 6.45) is -1.31. The van der Waals surface area contributed by atoms with Crippen molar-refractivity contribution in [3.05, 3.63) is 27.8 Å². The van der Waals surface area contributed by atoms with E-state index in [9.17, 15) is 24.8 Å². The number of rotatable bonds is 9. The summed E-state index contributed by atoms with van der Waals surface area (Å²) >= 11 is 0. The molecule has 1 atom stereocenters. The first kappa shape index (κ1) is 19.2. The predicted molar refractivity (Wildman–Crippen MR) is 81.3 cm³/mol. The standard InChI is InChI=1S/C14H18N2O8/c1-23-10-5-8(9(16(21)22)6-11(10)24-2)7-14(15,13(19)20)4-3-12(17)18/h5-6H,3-4,7,15H2,1-2H3,(H,17,18)(H,19,20)/t14-/m1/s1. The maximum Gasteiger partial charge on any atom is 0.324 e. The first-order valence-corrected chi connectivity index (χ1v) is 6.78. The van der Waals surface area contributed by atoms with Crippen molar-refractivity contribution in [3.8, 4) is 11.5 Å². The summed E-state index contributed by atoms with van der Waals surface area (Å²) in [6, 6.07) is 2.37. The Balaban J connectivity index is 3.34. The highest BCUT2D eigenvalue weighted by atomic mass is 16.6. The lowest BCUT2D eigenvalue weighted by Gasteiger charge is -2.24. The Morgan fingerprint density at radius 1 is 1.25 bits per heavy atom. The number of hydrogen-bond acceptors (Lipinski definition) is 7. The van der Waals surface area contributed by atoms with E-state index >= 15 is 0 Å². The molecule has 1 aromatic carbocycles. The Hall–Kier alpha value is -2.88. The van der Waals surface area contributed by atoms with E-state index in [0.29, 0.717) is 0 Å². The number of carboxylic acid groups (broad SMARTS) is 2. The van der Waals surface area contributed by atoms with Crippen molar-refractivity contribution in [2.24, 2.45) is 5.73 Å². The molecule has 0 spiro atoms. The Kier molecular flexibility index (Phi) is 6.07. The van der Waals surface area contributed by atoms with Crippen LogP contribution in [0, 0.1) is 10.1 Å². The molecule has 0 amide bonds. The molecular weight excluding hydrogens is 324 g/mol. The van der Waals surface area contributed by atoms with Crippen molar-refractivity contribution >= 4 is 17.6 Å². The number of nitrogens with two attached hydrogens (primary N) is 1. The van der Waals surface area contributed by atoms with E-state index in [2.05, 4.69) is 0 Å². The molecule has 10 heteroatoms. The molecule has 0 heterocycles. The second kappa shape index (κ2) is 7.59. The van der Waals surface area contributed by atoms with E-state index in [1.54, 1.807) is 0 Å². The van der Waals surface area contributed by atoms with Crippen LogP contribution in [0.15, 0.2) is 12.1 Å². The maximum absolute atomic E-state index is 11.5. The van der Waals surface area contributed by atoms with Crippen molar-refractivity contribution in [3.63, 3.8) is 0 Å². The number of nitrogens with zero attached hydrogens (tertiary/aromatic N) is 1. The number of methoxy groups -OCH3 is 2. The second-order valence-electron chi connectivity index (χ2n) is 5.12. The lowest BCUT2D eigenvalue weighted by atomic mass is 9.86. The van der Waals surface area contributed by atoms with Gasteiger partial charge in [-0.25, -0.2) is 0 Å². The van der Waals surface area contributed by atoms with Crippen LogP contribution < -0.4 is 15.2 Å². The van der Waals surface area contributed by atoms with Gasteiger partial charge in [-0.15, -0.1) is 0 Å². The molecule has 24 heavy (non-hydrogen) atoms. The molecule has 10 nitrogen and oxygen atoms in total. The van der Waals surface area contributed by atoms with Crippen LogP contribution >= 0.6 is 0 Å². The summed E-state index contributed by atoms with van der Waals surface area (Å²) in [7, 11) is 2.63. The van der Waals surface area contributed by atoms with Crippen LogP contribution in [-0.2, 0) is 16.0 Å². The molecule has 132 valence electrons. The Labute approximate surface area is 136 Å². The molecule has 0 aliphatic carbocycles. The highest BCUT2D eigenvalue weighted by molar-refractivity contribution is 5.80. The Morgan fingerprint density at radius 3 is 2.21 bits per heavy atom. The molecule has 4 N–H and O–H groups in total. The molecule has 0 aliphatic rings. The van der Waals surface area contributed by atoms with E-state index in [1.807, 2.05) is 0 Å². The van der Waals surface area contributed by atoms with Gasteiger partial charge in [-0.1, -0.05) is 0 Å². The number of hydrogen-bond donors (Lipinski definition) is 3. The Morgan fingerprint density at radius 2 is 1.79 bits per heavy atom. The minimum atomic E-state index is -1.97. The molecule has 1 rings (SSSR count). The zero-order valence-electron chi connectivity index (χ0n) is 13.1. The minimum Gasteiger partial charge on any atom is -0.493 e. The van der Waals surface area contributed by atoms with E-state index in [1.165, 1.54) is 20.3 Å². The number of nitro benzene ring substituents is 1. The molecule has 1 aromatic rings. The molecule has 0 aromatic heterocycles. The highest BCUT2D eigenvalue weighted by Crippen LogP contribution is 2.36. The zero-order valence-corrected chi connectivity index (χ0v) is 13.1. The van der Waals surface area contributed by atoms with Gasteiger partial charge in [0, 0.05) is 18.4 Å². The third kappa shape index (κ3) is 4.32. The van der Waals surface area contributed by atoms with Gasteiger partial charge in [0.1, 0.15) is 5.54 Å². The van der Waals surface area contributed by atoms with Crippen molar-refractivity contribution in [2.75, 3.05) is 14.2 Å². The van der Waals surface area contributed by atoms with Crippen molar-refractivity contribution in [1.82, 2.24) is 0 Å². The molecule has 0 saturated heterocycles. The van der Waals surface area contributed by atoms with Crippen molar-refractivity contribution in [1.29, 1.82) is 0 Å². The van der Waals surface area contributed by atoms with Gasteiger partial charge in [0.05, 0.1) is 25.2 Å². The average molecular weight is 342 g/mol. The SMILES string of the molecule is COc1cc(C[C@](N)(CCC(=O)O)C(=O)O)c([N+](=O)[O-])cc1OC. The molecule has 0 bridgehead atoms. The van der Waals surface area contributed by atoms with Gasteiger partial charge in [-0.2, -0.15) is 0 Å². The first-order valence-electron chi connectivity index (χ1n) is 6.78. The van der Waals surface area contributed by atoms with Gasteiger partial charge >= 0.3 is 11.9 Å². The van der Waals surface area contributed by atoms with Crippen LogP contribution in [0.5, 0.6) is 11.5 Å². The summed E-state index contributed by atoms with van der Waals surface area (Å²) in [4.78, 5) is 32.7. The van der Waals surface area contributed by atoms with E-state index in [0.717, 1.165) is 6.07 Å². The largest absolute Gasteiger partial charge is 0.493 e. The minimum absolute atomic E-state index is 0.00735. The van der Waals surface area contributed by atoms with Crippen molar-refractivity contribution < 1.29 is 34.2 Å². The van der Waals surface area contributed by atoms with Gasteiger partial charge in [0.2, 0.25) is 0 Å². The maximum atomic E-state index is 11.5. The normalized spacial score (nSPS) is 13.0. The molecular formula is C14H18N2O8. The molecule has 0 aliphatic heterocycles. The number of ether oxygens (including phenoxy) is 2. The van der Waals surface area contributed by atoms with Crippen LogP contribution in [0.4, 0.5) is 5.69 Å². The summed E-state index contributed by atoms with van der Waals surface area (Å²) < 4.78 is 10.0. The predicted octanol–water partition coefficient (Wildman–Crippen LogP) is 0.801. The summed E-state index contributed by atoms with van der Waals surface area (Å²) in [5, 5.41) is 29.3. The third-order valence-electron chi connectivity index (χ3n) is 3.50. The van der Waals surface area contributed by atoms with Crippen LogP contribution in [-0.4, -0.2) is 46.8 Å². The fourth-order valence-electron chi connectivity index (χ4n) is 2.16. The lowest BCUT2D eigenvalue weighted by molar-refractivity contribution is -0.385. The monoisotopic (exact) mass is 342 g/mol. The molecule has 0 fully saturated rings. The lowest BCUT2D eigenvalue weighted by Crippen LogP contribution is -2.50.